The lowest BCUT2D eigenvalue weighted by molar-refractivity contribution is -0.160. The molecule has 0 radical (unpaired) electrons. The molecule has 0 spiro atoms. The fourth-order valence-corrected chi connectivity index (χ4v) is 1.30. The zero-order valence-corrected chi connectivity index (χ0v) is 11.5. The number of alkyl halides is 3. The summed E-state index contributed by atoms with van der Waals surface area (Å²) >= 11 is 0. The van der Waals surface area contributed by atoms with E-state index in [1.165, 1.54) is 0 Å². The molecule has 2 N–H and O–H groups in total. The summed E-state index contributed by atoms with van der Waals surface area (Å²) in [7, 11) is 0. The Morgan fingerprint density at radius 1 is 0.955 bits per heavy atom. The molecular weight excluding hydrogens is 305 g/mol. The SMILES string of the molecule is O=C(NCCNC(=O)OCC(F)(F)F)OCc1ccccc1. The van der Waals surface area contributed by atoms with E-state index in [0.29, 0.717) is 0 Å². The Hall–Kier alpha value is -2.45. The van der Waals surface area contributed by atoms with Crippen molar-refractivity contribution in [2.24, 2.45) is 0 Å². The van der Waals surface area contributed by atoms with E-state index in [4.69, 9.17) is 4.74 Å². The molecule has 0 bridgehead atoms. The Balaban J connectivity index is 2.06. The molecule has 0 aromatic heterocycles. The Morgan fingerprint density at radius 2 is 1.50 bits per heavy atom. The van der Waals surface area contributed by atoms with E-state index in [1.54, 1.807) is 24.3 Å². The van der Waals surface area contributed by atoms with Gasteiger partial charge in [0.05, 0.1) is 0 Å². The Kier molecular flexibility index (Phi) is 7.00. The number of hydrogen-bond donors (Lipinski definition) is 2. The minimum absolute atomic E-state index is 0.00522. The van der Waals surface area contributed by atoms with Crippen LogP contribution in [0.4, 0.5) is 22.8 Å². The van der Waals surface area contributed by atoms with Crippen molar-refractivity contribution in [2.45, 2.75) is 12.8 Å². The topological polar surface area (TPSA) is 76.7 Å². The third kappa shape index (κ3) is 8.67. The van der Waals surface area contributed by atoms with Crippen molar-refractivity contribution in [3.05, 3.63) is 35.9 Å². The molecule has 0 heterocycles. The van der Waals surface area contributed by atoms with Gasteiger partial charge in [-0.15, -0.1) is 0 Å². The van der Waals surface area contributed by atoms with Crippen LogP contribution in [0.25, 0.3) is 0 Å². The fraction of sp³-hybridized carbons (Fsp3) is 0.385. The van der Waals surface area contributed by atoms with Crippen LogP contribution in [0.5, 0.6) is 0 Å². The average Bonchev–Trinajstić information content (AvgIpc) is 2.48. The molecule has 22 heavy (non-hydrogen) atoms. The fourth-order valence-electron chi connectivity index (χ4n) is 1.30. The predicted octanol–water partition coefficient (Wildman–Crippen LogP) is 2.20. The van der Waals surface area contributed by atoms with Crippen LogP contribution >= 0.6 is 0 Å². The Bertz CT molecular complexity index is 480. The maximum atomic E-state index is 11.8. The first-order valence-corrected chi connectivity index (χ1v) is 6.29. The largest absolute Gasteiger partial charge is 0.445 e. The van der Waals surface area contributed by atoms with E-state index < -0.39 is 25.0 Å². The van der Waals surface area contributed by atoms with Gasteiger partial charge in [-0.1, -0.05) is 30.3 Å². The molecular formula is C13H15F3N2O4. The molecule has 2 amide bonds. The number of halogens is 3. The van der Waals surface area contributed by atoms with Gasteiger partial charge < -0.3 is 20.1 Å². The van der Waals surface area contributed by atoms with Crippen LogP contribution < -0.4 is 10.6 Å². The zero-order valence-electron chi connectivity index (χ0n) is 11.5. The van der Waals surface area contributed by atoms with Crippen molar-refractivity contribution in [2.75, 3.05) is 19.7 Å². The summed E-state index contributed by atoms with van der Waals surface area (Å²) in [5.41, 5.74) is 0.812. The molecule has 9 heteroatoms. The minimum atomic E-state index is -4.57. The van der Waals surface area contributed by atoms with Gasteiger partial charge in [0, 0.05) is 13.1 Å². The van der Waals surface area contributed by atoms with Gasteiger partial charge in [0.25, 0.3) is 0 Å². The lowest BCUT2D eigenvalue weighted by atomic mass is 10.2. The van der Waals surface area contributed by atoms with Crippen LogP contribution in [0.1, 0.15) is 5.56 Å². The number of nitrogens with one attached hydrogen (secondary N) is 2. The van der Waals surface area contributed by atoms with Crippen molar-refractivity contribution in [1.29, 1.82) is 0 Å². The number of carbonyl (C=O) groups excluding carboxylic acids is 2. The summed E-state index contributed by atoms with van der Waals surface area (Å²) in [5, 5.41) is 4.38. The van der Waals surface area contributed by atoms with E-state index >= 15 is 0 Å². The first-order chi connectivity index (χ1) is 10.4. The second-order valence-corrected chi connectivity index (χ2v) is 4.11. The Morgan fingerprint density at radius 3 is 2.05 bits per heavy atom. The number of benzene rings is 1. The summed E-state index contributed by atoms with van der Waals surface area (Å²) in [6.07, 6.45) is -6.48. The highest BCUT2D eigenvalue weighted by atomic mass is 19.4. The normalized spacial score (nSPS) is 10.7. The number of alkyl carbamates (subject to hydrolysis) is 2. The highest BCUT2D eigenvalue weighted by Crippen LogP contribution is 2.14. The summed E-state index contributed by atoms with van der Waals surface area (Å²) in [6.45, 7) is -1.66. The number of amides is 2. The molecule has 0 unspecified atom stereocenters. The number of hydrogen-bond acceptors (Lipinski definition) is 4. The molecule has 0 aliphatic heterocycles. The van der Waals surface area contributed by atoms with Crippen LogP contribution in [0.2, 0.25) is 0 Å². The molecule has 0 atom stereocenters. The lowest BCUT2D eigenvalue weighted by Crippen LogP contribution is -2.36. The molecule has 0 saturated heterocycles. The minimum Gasteiger partial charge on any atom is -0.445 e. The van der Waals surface area contributed by atoms with Gasteiger partial charge >= 0.3 is 18.4 Å². The first-order valence-electron chi connectivity index (χ1n) is 6.29. The van der Waals surface area contributed by atoms with Crippen molar-refractivity contribution in [1.82, 2.24) is 10.6 Å². The second kappa shape index (κ2) is 8.75. The van der Waals surface area contributed by atoms with E-state index in [1.807, 2.05) is 6.07 Å². The van der Waals surface area contributed by atoms with Gasteiger partial charge in [-0.25, -0.2) is 9.59 Å². The quantitative estimate of drug-likeness (QED) is 0.788. The Labute approximate surface area is 124 Å². The maximum absolute atomic E-state index is 11.8. The van der Waals surface area contributed by atoms with E-state index in [9.17, 15) is 22.8 Å². The molecule has 0 aliphatic rings. The first kappa shape index (κ1) is 17.6. The van der Waals surface area contributed by atoms with Crippen LogP contribution in [-0.2, 0) is 16.1 Å². The average molecular weight is 320 g/mol. The van der Waals surface area contributed by atoms with Gasteiger partial charge in [0.1, 0.15) is 6.61 Å². The van der Waals surface area contributed by atoms with Crippen molar-refractivity contribution in [3.8, 4) is 0 Å². The van der Waals surface area contributed by atoms with Gasteiger partial charge in [-0.2, -0.15) is 13.2 Å². The number of carbonyl (C=O) groups is 2. The van der Waals surface area contributed by atoms with E-state index in [2.05, 4.69) is 15.4 Å². The molecule has 1 aromatic carbocycles. The van der Waals surface area contributed by atoms with E-state index in [-0.39, 0.29) is 19.7 Å². The molecule has 0 aliphatic carbocycles. The summed E-state index contributed by atoms with van der Waals surface area (Å²) in [4.78, 5) is 22.2. The summed E-state index contributed by atoms with van der Waals surface area (Å²) < 4.78 is 44.1. The zero-order chi connectivity index (χ0) is 16.4. The van der Waals surface area contributed by atoms with Gasteiger partial charge in [0.15, 0.2) is 6.61 Å². The van der Waals surface area contributed by atoms with Crippen LogP contribution in [0.3, 0.4) is 0 Å². The van der Waals surface area contributed by atoms with Crippen LogP contribution in [0.15, 0.2) is 30.3 Å². The van der Waals surface area contributed by atoms with Crippen LogP contribution in [-0.4, -0.2) is 38.1 Å². The summed E-state index contributed by atoms with van der Waals surface area (Å²) in [6, 6.07) is 8.99. The molecule has 0 saturated carbocycles. The van der Waals surface area contributed by atoms with Gasteiger partial charge in [-0.3, -0.25) is 0 Å². The third-order valence-electron chi connectivity index (χ3n) is 2.24. The lowest BCUT2D eigenvalue weighted by Gasteiger charge is -2.10. The second-order valence-electron chi connectivity index (χ2n) is 4.11. The predicted molar refractivity (Wildman–Crippen MR) is 70.0 cm³/mol. The molecule has 1 rings (SSSR count). The maximum Gasteiger partial charge on any atom is 0.422 e. The van der Waals surface area contributed by atoms with Gasteiger partial charge in [0.2, 0.25) is 0 Å². The van der Waals surface area contributed by atoms with Gasteiger partial charge in [-0.05, 0) is 5.56 Å². The highest BCUT2D eigenvalue weighted by Gasteiger charge is 2.29. The summed E-state index contributed by atoms with van der Waals surface area (Å²) in [5.74, 6) is 0. The van der Waals surface area contributed by atoms with E-state index in [0.717, 1.165) is 5.56 Å². The third-order valence-corrected chi connectivity index (χ3v) is 2.24. The van der Waals surface area contributed by atoms with Crippen molar-refractivity contribution >= 4 is 12.2 Å². The smallest absolute Gasteiger partial charge is 0.422 e. The van der Waals surface area contributed by atoms with Crippen LogP contribution in [0, 0.1) is 0 Å². The molecule has 122 valence electrons. The molecule has 1 aromatic rings. The monoisotopic (exact) mass is 320 g/mol. The number of ether oxygens (including phenoxy) is 2. The number of rotatable bonds is 6. The van der Waals surface area contributed by atoms with Crippen molar-refractivity contribution < 1.29 is 32.2 Å². The molecule has 0 fully saturated rings. The molecule has 6 nitrogen and oxygen atoms in total. The van der Waals surface area contributed by atoms with Crippen molar-refractivity contribution in [3.63, 3.8) is 0 Å². The standard InChI is InChI=1S/C13H15F3N2O4/c14-13(15,16)9-22-12(20)18-7-6-17-11(19)21-8-10-4-2-1-3-5-10/h1-5H,6-9H2,(H,17,19)(H,18,20). The highest BCUT2D eigenvalue weighted by molar-refractivity contribution is 5.68.